The van der Waals surface area contributed by atoms with Crippen molar-refractivity contribution in [2.75, 3.05) is 32.8 Å². The van der Waals surface area contributed by atoms with Gasteiger partial charge in [0.1, 0.15) is 0 Å². The highest BCUT2D eigenvalue weighted by molar-refractivity contribution is 7.09. The molecule has 4 heterocycles. The molecule has 4 rings (SSSR count). The van der Waals surface area contributed by atoms with Gasteiger partial charge in [-0.25, -0.2) is 5.06 Å². The molecule has 0 bridgehead atoms. The van der Waals surface area contributed by atoms with E-state index in [4.69, 9.17) is 9.57 Å². The summed E-state index contributed by atoms with van der Waals surface area (Å²) in [5.74, 6) is 0.533. The molecule has 23 heavy (non-hydrogen) atoms. The smallest absolute Gasteiger partial charge is 0.249 e. The van der Waals surface area contributed by atoms with Crippen LogP contribution in [-0.2, 0) is 20.9 Å². The SMILES string of the molecule is O=C([C@@H]1CCO[C@@H]2CCN(Cc3cccs3)C[C@@H]21)N1CCCO1. The normalized spacial score (nSPS) is 32.0. The van der Waals surface area contributed by atoms with Gasteiger partial charge in [0.05, 0.1) is 19.3 Å². The summed E-state index contributed by atoms with van der Waals surface area (Å²) in [4.78, 5) is 22.2. The molecular weight excluding hydrogens is 312 g/mol. The lowest BCUT2D eigenvalue weighted by Gasteiger charge is -2.45. The number of thiophene rings is 1. The first kappa shape index (κ1) is 15.6. The van der Waals surface area contributed by atoms with Crippen molar-refractivity contribution >= 4 is 17.2 Å². The highest BCUT2D eigenvalue weighted by Gasteiger charge is 2.43. The molecule has 5 nitrogen and oxygen atoms in total. The molecule has 6 heteroatoms. The maximum Gasteiger partial charge on any atom is 0.249 e. The average molecular weight is 336 g/mol. The van der Waals surface area contributed by atoms with Crippen LogP contribution in [0.1, 0.15) is 24.1 Å². The largest absolute Gasteiger partial charge is 0.378 e. The zero-order valence-electron chi connectivity index (χ0n) is 13.4. The van der Waals surface area contributed by atoms with Crippen LogP contribution in [0.25, 0.3) is 0 Å². The molecule has 0 aromatic carbocycles. The van der Waals surface area contributed by atoms with E-state index in [1.54, 1.807) is 16.4 Å². The maximum atomic E-state index is 12.8. The molecule has 3 aliphatic heterocycles. The minimum atomic E-state index is 0.0537. The first-order chi connectivity index (χ1) is 11.3. The number of carbonyl (C=O) groups excluding carboxylic acids is 1. The Hall–Kier alpha value is -0.950. The van der Waals surface area contributed by atoms with Gasteiger partial charge in [-0.1, -0.05) is 6.07 Å². The predicted octanol–water partition coefficient (Wildman–Crippen LogP) is 2.14. The molecule has 1 amide bonds. The Labute approximate surface area is 141 Å². The number of nitrogens with zero attached hydrogens (tertiary/aromatic N) is 2. The van der Waals surface area contributed by atoms with Crippen molar-refractivity contribution in [2.45, 2.75) is 31.9 Å². The van der Waals surface area contributed by atoms with E-state index in [0.717, 1.165) is 45.4 Å². The van der Waals surface area contributed by atoms with Gasteiger partial charge in [-0.3, -0.25) is 14.5 Å². The van der Waals surface area contributed by atoms with E-state index in [1.807, 2.05) is 0 Å². The first-order valence-corrected chi connectivity index (χ1v) is 9.50. The second-order valence-electron chi connectivity index (χ2n) is 6.70. The standard InChI is InChI=1S/C17H24N2O3S/c20-17(19-6-2-8-22-19)14-5-9-21-16-4-7-18(12-15(14)16)11-13-3-1-10-23-13/h1,3,10,14-16H,2,4-9,11-12H2/t14-,15-,16-/m1/s1. The van der Waals surface area contributed by atoms with Gasteiger partial charge in [0.2, 0.25) is 5.91 Å². The van der Waals surface area contributed by atoms with Gasteiger partial charge in [0.15, 0.2) is 0 Å². The number of hydrogen-bond acceptors (Lipinski definition) is 5. The fourth-order valence-corrected chi connectivity index (χ4v) is 4.81. The van der Waals surface area contributed by atoms with Gasteiger partial charge < -0.3 is 4.74 Å². The van der Waals surface area contributed by atoms with Crippen molar-refractivity contribution in [3.63, 3.8) is 0 Å². The fraction of sp³-hybridized carbons (Fsp3) is 0.706. The summed E-state index contributed by atoms with van der Waals surface area (Å²) in [5, 5.41) is 3.73. The summed E-state index contributed by atoms with van der Waals surface area (Å²) in [6.07, 6.45) is 3.04. The highest BCUT2D eigenvalue weighted by atomic mass is 32.1. The van der Waals surface area contributed by atoms with Gasteiger partial charge in [0, 0.05) is 43.0 Å². The summed E-state index contributed by atoms with van der Waals surface area (Å²) in [5.41, 5.74) is 0. The lowest BCUT2D eigenvalue weighted by Crippen LogP contribution is -2.53. The van der Waals surface area contributed by atoms with Crippen molar-refractivity contribution in [2.24, 2.45) is 11.8 Å². The molecule has 3 fully saturated rings. The molecule has 1 aromatic heterocycles. The van der Waals surface area contributed by atoms with E-state index in [1.165, 1.54) is 4.88 Å². The minimum absolute atomic E-state index is 0.0537. The topological polar surface area (TPSA) is 42.0 Å². The van der Waals surface area contributed by atoms with Crippen LogP contribution in [0, 0.1) is 11.8 Å². The third-order valence-corrected chi connectivity index (χ3v) is 6.09. The maximum absolute atomic E-state index is 12.8. The molecule has 0 unspecified atom stereocenters. The van der Waals surface area contributed by atoms with Crippen molar-refractivity contribution in [1.29, 1.82) is 0 Å². The molecular formula is C17H24N2O3S. The van der Waals surface area contributed by atoms with Crippen LogP contribution in [0.3, 0.4) is 0 Å². The molecule has 3 saturated heterocycles. The van der Waals surface area contributed by atoms with Crippen LogP contribution in [0.4, 0.5) is 0 Å². The Morgan fingerprint density at radius 2 is 2.26 bits per heavy atom. The van der Waals surface area contributed by atoms with Crippen LogP contribution < -0.4 is 0 Å². The highest BCUT2D eigenvalue weighted by Crippen LogP contribution is 2.35. The van der Waals surface area contributed by atoms with Gasteiger partial charge in [0.25, 0.3) is 0 Å². The van der Waals surface area contributed by atoms with Crippen molar-refractivity contribution in [3.8, 4) is 0 Å². The Bertz CT molecular complexity index is 530. The van der Waals surface area contributed by atoms with Gasteiger partial charge in [-0.05, 0) is 30.7 Å². The van der Waals surface area contributed by atoms with Crippen LogP contribution in [-0.4, -0.2) is 54.8 Å². The second kappa shape index (κ2) is 6.89. The first-order valence-electron chi connectivity index (χ1n) is 8.62. The number of fused-ring (bicyclic) bond motifs is 1. The summed E-state index contributed by atoms with van der Waals surface area (Å²) < 4.78 is 5.97. The number of rotatable bonds is 3. The van der Waals surface area contributed by atoms with E-state index in [2.05, 4.69) is 22.4 Å². The Kier molecular flexibility index (Phi) is 4.66. The van der Waals surface area contributed by atoms with E-state index in [0.29, 0.717) is 19.1 Å². The molecule has 0 aliphatic carbocycles. The van der Waals surface area contributed by atoms with Gasteiger partial charge in [-0.2, -0.15) is 0 Å². The van der Waals surface area contributed by atoms with Crippen molar-refractivity contribution < 1.29 is 14.4 Å². The minimum Gasteiger partial charge on any atom is -0.378 e. The zero-order valence-corrected chi connectivity index (χ0v) is 14.2. The number of likely N-dealkylation sites (tertiary alicyclic amines) is 1. The Morgan fingerprint density at radius 1 is 1.30 bits per heavy atom. The van der Waals surface area contributed by atoms with Crippen LogP contribution >= 0.6 is 11.3 Å². The Morgan fingerprint density at radius 3 is 3.04 bits per heavy atom. The lowest BCUT2D eigenvalue weighted by molar-refractivity contribution is -0.185. The summed E-state index contributed by atoms with van der Waals surface area (Å²) >= 11 is 1.81. The fourth-order valence-electron chi connectivity index (χ4n) is 4.06. The van der Waals surface area contributed by atoms with Crippen LogP contribution in [0.15, 0.2) is 17.5 Å². The molecule has 0 saturated carbocycles. The summed E-state index contributed by atoms with van der Waals surface area (Å²) in [7, 11) is 0. The van der Waals surface area contributed by atoms with Crippen molar-refractivity contribution in [3.05, 3.63) is 22.4 Å². The molecule has 126 valence electrons. The second-order valence-corrected chi connectivity index (χ2v) is 7.73. The number of piperidine rings is 1. The van der Waals surface area contributed by atoms with E-state index >= 15 is 0 Å². The summed E-state index contributed by atoms with van der Waals surface area (Å²) in [6, 6.07) is 4.29. The third-order valence-electron chi connectivity index (χ3n) is 5.23. The number of ether oxygens (including phenoxy) is 1. The number of carbonyl (C=O) groups is 1. The molecule has 3 atom stereocenters. The molecule has 0 spiro atoms. The Balaban J connectivity index is 1.44. The predicted molar refractivity (Wildman–Crippen MR) is 87.8 cm³/mol. The van der Waals surface area contributed by atoms with E-state index in [-0.39, 0.29) is 17.9 Å². The van der Waals surface area contributed by atoms with Crippen LogP contribution in [0.5, 0.6) is 0 Å². The van der Waals surface area contributed by atoms with Crippen molar-refractivity contribution in [1.82, 2.24) is 9.96 Å². The number of hydrogen-bond donors (Lipinski definition) is 0. The van der Waals surface area contributed by atoms with E-state index < -0.39 is 0 Å². The van der Waals surface area contributed by atoms with E-state index in [9.17, 15) is 4.79 Å². The number of hydroxylamine groups is 2. The zero-order chi connectivity index (χ0) is 15.6. The summed E-state index contributed by atoms with van der Waals surface area (Å²) in [6.45, 7) is 5.12. The monoisotopic (exact) mass is 336 g/mol. The lowest BCUT2D eigenvalue weighted by atomic mass is 9.79. The van der Waals surface area contributed by atoms with Gasteiger partial charge >= 0.3 is 0 Å². The molecule has 0 N–H and O–H groups in total. The molecule has 3 aliphatic rings. The van der Waals surface area contributed by atoms with Gasteiger partial charge in [-0.15, -0.1) is 11.3 Å². The quantitative estimate of drug-likeness (QED) is 0.848. The average Bonchev–Trinajstić information content (AvgIpc) is 3.27. The molecule has 0 radical (unpaired) electrons. The number of amides is 1. The van der Waals surface area contributed by atoms with Crippen LogP contribution in [0.2, 0.25) is 0 Å². The molecule has 1 aromatic rings. The third kappa shape index (κ3) is 3.31.